The number of benzene rings is 1. The third-order valence-electron chi connectivity index (χ3n) is 2.67. The van der Waals surface area contributed by atoms with Crippen LogP contribution in [0, 0.1) is 0 Å². The first-order valence-electron chi connectivity index (χ1n) is 5.80. The molecule has 17 heavy (non-hydrogen) atoms. The summed E-state index contributed by atoms with van der Waals surface area (Å²) in [5, 5.41) is 0. The zero-order chi connectivity index (χ0) is 12.1. The standard InChI is InChI=1S/C14H17NO2/c1-2-11-5-7-12(8-6-11)17-10-13(15)14-4-3-9-16-14/h3-9,13H,2,10,15H2,1H3. The molecule has 0 saturated carbocycles. The second kappa shape index (κ2) is 5.55. The van der Waals surface area contributed by atoms with E-state index in [-0.39, 0.29) is 6.04 Å². The van der Waals surface area contributed by atoms with Crippen molar-refractivity contribution in [3.63, 3.8) is 0 Å². The number of rotatable bonds is 5. The monoisotopic (exact) mass is 231 g/mol. The molecule has 1 atom stereocenters. The van der Waals surface area contributed by atoms with Crippen molar-refractivity contribution in [3.05, 3.63) is 54.0 Å². The van der Waals surface area contributed by atoms with Crippen molar-refractivity contribution in [2.45, 2.75) is 19.4 Å². The fraction of sp³-hybridized carbons (Fsp3) is 0.286. The third-order valence-corrected chi connectivity index (χ3v) is 2.67. The lowest BCUT2D eigenvalue weighted by molar-refractivity contribution is 0.273. The van der Waals surface area contributed by atoms with Gasteiger partial charge in [0.1, 0.15) is 18.1 Å². The molecule has 0 radical (unpaired) electrons. The largest absolute Gasteiger partial charge is 0.491 e. The topological polar surface area (TPSA) is 48.4 Å². The molecule has 2 aromatic rings. The summed E-state index contributed by atoms with van der Waals surface area (Å²) in [7, 11) is 0. The van der Waals surface area contributed by atoms with Gasteiger partial charge in [0.15, 0.2) is 0 Å². The highest BCUT2D eigenvalue weighted by Gasteiger charge is 2.09. The molecule has 0 amide bonds. The van der Waals surface area contributed by atoms with Crippen molar-refractivity contribution >= 4 is 0 Å². The Balaban J connectivity index is 1.89. The smallest absolute Gasteiger partial charge is 0.123 e. The average molecular weight is 231 g/mol. The van der Waals surface area contributed by atoms with Gasteiger partial charge in [0.05, 0.1) is 12.3 Å². The molecular formula is C14H17NO2. The molecule has 3 nitrogen and oxygen atoms in total. The maximum atomic E-state index is 5.92. The normalized spacial score (nSPS) is 12.4. The van der Waals surface area contributed by atoms with Gasteiger partial charge in [-0.3, -0.25) is 0 Å². The van der Waals surface area contributed by atoms with Crippen LogP contribution in [0.1, 0.15) is 24.3 Å². The Hall–Kier alpha value is -1.74. The molecule has 0 aliphatic rings. The summed E-state index contributed by atoms with van der Waals surface area (Å²) in [6, 6.07) is 11.5. The number of ether oxygens (including phenoxy) is 1. The molecule has 1 unspecified atom stereocenters. The van der Waals surface area contributed by atoms with E-state index in [4.69, 9.17) is 14.9 Å². The van der Waals surface area contributed by atoms with E-state index in [1.54, 1.807) is 6.26 Å². The summed E-state index contributed by atoms with van der Waals surface area (Å²) in [4.78, 5) is 0. The molecule has 0 bridgehead atoms. The first-order chi connectivity index (χ1) is 8.29. The van der Waals surface area contributed by atoms with Gasteiger partial charge in [-0.05, 0) is 36.2 Å². The summed E-state index contributed by atoms with van der Waals surface area (Å²) in [6.07, 6.45) is 2.65. The van der Waals surface area contributed by atoms with Crippen LogP contribution in [0.25, 0.3) is 0 Å². The highest BCUT2D eigenvalue weighted by molar-refractivity contribution is 5.27. The van der Waals surface area contributed by atoms with Gasteiger partial charge in [0, 0.05) is 0 Å². The van der Waals surface area contributed by atoms with Crippen LogP contribution in [0.2, 0.25) is 0 Å². The number of aryl methyl sites for hydroxylation is 1. The Bertz CT molecular complexity index is 434. The Labute approximate surface area is 101 Å². The molecule has 0 spiro atoms. The molecule has 0 aliphatic heterocycles. The molecule has 1 aromatic heterocycles. The quantitative estimate of drug-likeness (QED) is 0.860. The van der Waals surface area contributed by atoms with Crippen LogP contribution in [0.15, 0.2) is 47.1 Å². The van der Waals surface area contributed by atoms with Gasteiger partial charge in [-0.25, -0.2) is 0 Å². The number of furan rings is 1. The molecule has 0 saturated heterocycles. The molecule has 3 heteroatoms. The van der Waals surface area contributed by atoms with Gasteiger partial charge in [-0.1, -0.05) is 19.1 Å². The Morgan fingerprint density at radius 1 is 1.24 bits per heavy atom. The summed E-state index contributed by atoms with van der Waals surface area (Å²) in [6.45, 7) is 2.54. The van der Waals surface area contributed by atoms with Crippen LogP contribution in [0.5, 0.6) is 5.75 Å². The van der Waals surface area contributed by atoms with E-state index in [0.29, 0.717) is 6.61 Å². The molecule has 90 valence electrons. The van der Waals surface area contributed by atoms with Gasteiger partial charge in [0.2, 0.25) is 0 Å². The van der Waals surface area contributed by atoms with Crippen LogP contribution >= 0.6 is 0 Å². The van der Waals surface area contributed by atoms with Crippen molar-refractivity contribution in [2.75, 3.05) is 6.61 Å². The van der Waals surface area contributed by atoms with Crippen LogP contribution in [-0.2, 0) is 6.42 Å². The average Bonchev–Trinajstić information content (AvgIpc) is 2.90. The van der Waals surface area contributed by atoms with Crippen molar-refractivity contribution in [3.8, 4) is 5.75 Å². The van der Waals surface area contributed by atoms with E-state index >= 15 is 0 Å². The number of hydrogen-bond donors (Lipinski definition) is 1. The second-order valence-electron chi connectivity index (χ2n) is 3.93. The lowest BCUT2D eigenvalue weighted by atomic mass is 10.2. The second-order valence-corrected chi connectivity index (χ2v) is 3.93. The minimum absolute atomic E-state index is 0.226. The Kier molecular flexibility index (Phi) is 3.83. The minimum atomic E-state index is -0.226. The van der Waals surface area contributed by atoms with E-state index in [1.165, 1.54) is 5.56 Å². The van der Waals surface area contributed by atoms with E-state index in [0.717, 1.165) is 17.9 Å². The minimum Gasteiger partial charge on any atom is -0.491 e. The van der Waals surface area contributed by atoms with E-state index in [9.17, 15) is 0 Å². The molecule has 0 aliphatic carbocycles. The first kappa shape index (κ1) is 11.7. The third kappa shape index (κ3) is 3.11. The highest BCUT2D eigenvalue weighted by atomic mass is 16.5. The zero-order valence-corrected chi connectivity index (χ0v) is 9.93. The van der Waals surface area contributed by atoms with Gasteiger partial charge < -0.3 is 14.9 Å². The predicted octanol–water partition coefficient (Wildman–Crippen LogP) is 2.92. The molecule has 1 aromatic carbocycles. The lowest BCUT2D eigenvalue weighted by Crippen LogP contribution is -2.18. The van der Waals surface area contributed by atoms with Gasteiger partial charge in [-0.2, -0.15) is 0 Å². The lowest BCUT2D eigenvalue weighted by Gasteiger charge is -2.11. The fourth-order valence-electron chi connectivity index (χ4n) is 1.59. The maximum absolute atomic E-state index is 5.92. The highest BCUT2D eigenvalue weighted by Crippen LogP contribution is 2.16. The van der Waals surface area contributed by atoms with Crippen molar-refractivity contribution in [1.82, 2.24) is 0 Å². The van der Waals surface area contributed by atoms with Crippen LogP contribution in [-0.4, -0.2) is 6.61 Å². The number of nitrogens with two attached hydrogens (primary N) is 1. The van der Waals surface area contributed by atoms with E-state index in [2.05, 4.69) is 19.1 Å². The molecule has 1 heterocycles. The number of hydrogen-bond acceptors (Lipinski definition) is 3. The van der Waals surface area contributed by atoms with E-state index < -0.39 is 0 Å². The summed E-state index contributed by atoms with van der Waals surface area (Å²) in [5.74, 6) is 1.58. The summed E-state index contributed by atoms with van der Waals surface area (Å²) in [5.41, 5.74) is 7.22. The van der Waals surface area contributed by atoms with E-state index in [1.807, 2.05) is 24.3 Å². The van der Waals surface area contributed by atoms with Crippen LogP contribution in [0.4, 0.5) is 0 Å². The molecule has 2 N–H and O–H groups in total. The molecular weight excluding hydrogens is 214 g/mol. The van der Waals surface area contributed by atoms with Crippen LogP contribution < -0.4 is 10.5 Å². The predicted molar refractivity (Wildman–Crippen MR) is 67.0 cm³/mol. The Morgan fingerprint density at radius 2 is 2.00 bits per heavy atom. The van der Waals surface area contributed by atoms with Crippen molar-refractivity contribution in [2.24, 2.45) is 5.73 Å². The fourth-order valence-corrected chi connectivity index (χ4v) is 1.59. The van der Waals surface area contributed by atoms with Gasteiger partial charge in [0.25, 0.3) is 0 Å². The van der Waals surface area contributed by atoms with Crippen molar-refractivity contribution in [1.29, 1.82) is 0 Å². The zero-order valence-electron chi connectivity index (χ0n) is 9.93. The summed E-state index contributed by atoms with van der Waals surface area (Å²) < 4.78 is 10.8. The van der Waals surface area contributed by atoms with Crippen molar-refractivity contribution < 1.29 is 9.15 Å². The maximum Gasteiger partial charge on any atom is 0.123 e. The van der Waals surface area contributed by atoms with Gasteiger partial charge in [-0.15, -0.1) is 0 Å². The first-order valence-corrected chi connectivity index (χ1v) is 5.80. The molecule has 0 fully saturated rings. The van der Waals surface area contributed by atoms with Crippen LogP contribution in [0.3, 0.4) is 0 Å². The Morgan fingerprint density at radius 3 is 2.59 bits per heavy atom. The molecule has 2 rings (SSSR count). The SMILES string of the molecule is CCc1ccc(OCC(N)c2ccco2)cc1. The summed E-state index contributed by atoms with van der Waals surface area (Å²) >= 11 is 0. The van der Waals surface area contributed by atoms with Gasteiger partial charge >= 0.3 is 0 Å².